The number of amides is 2. The number of para-hydroxylation sites is 1. The molecule has 1 heterocycles. The Bertz CT molecular complexity index is 733. The van der Waals surface area contributed by atoms with Gasteiger partial charge in [0.25, 0.3) is 0 Å². The van der Waals surface area contributed by atoms with Gasteiger partial charge in [-0.1, -0.05) is 55.5 Å². The maximum absolute atomic E-state index is 13.0. The lowest BCUT2D eigenvalue weighted by atomic mass is 9.99. The summed E-state index contributed by atoms with van der Waals surface area (Å²) in [6, 6.07) is 18.7. The van der Waals surface area contributed by atoms with E-state index in [4.69, 9.17) is 4.74 Å². The van der Waals surface area contributed by atoms with Gasteiger partial charge in [-0.3, -0.25) is 4.79 Å². The van der Waals surface area contributed by atoms with Crippen LogP contribution in [0, 0.1) is 5.92 Å². The first-order valence-corrected chi connectivity index (χ1v) is 8.44. The minimum atomic E-state index is -0.572. The molecule has 3 atom stereocenters. The minimum Gasteiger partial charge on any atom is -0.446 e. The van der Waals surface area contributed by atoms with E-state index in [2.05, 4.69) is 5.32 Å². The quantitative estimate of drug-likeness (QED) is 0.900. The highest BCUT2D eigenvalue weighted by Crippen LogP contribution is 2.30. The number of rotatable bonds is 5. The van der Waals surface area contributed by atoms with Crippen LogP contribution in [0.2, 0.25) is 0 Å². The second-order valence-corrected chi connectivity index (χ2v) is 6.30. The van der Waals surface area contributed by atoms with Gasteiger partial charge in [0, 0.05) is 11.7 Å². The van der Waals surface area contributed by atoms with Crippen molar-refractivity contribution in [3.05, 3.63) is 66.2 Å². The fraction of sp³-hybridized carbons (Fsp3) is 0.300. The van der Waals surface area contributed by atoms with E-state index in [1.807, 2.05) is 74.5 Å². The van der Waals surface area contributed by atoms with Crippen molar-refractivity contribution in [1.82, 2.24) is 4.90 Å². The Morgan fingerprint density at radius 2 is 1.68 bits per heavy atom. The van der Waals surface area contributed by atoms with E-state index < -0.39 is 6.09 Å². The molecule has 1 N–H and O–H groups in total. The number of anilines is 1. The molecule has 0 aliphatic carbocycles. The van der Waals surface area contributed by atoms with Gasteiger partial charge in [0.15, 0.2) is 0 Å². The number of benzene rings is 2. The van der Waals surface area contributed by atoms with Crippen LogP contribution < -0.4 is 5.32 Å². The van der Waals surface area contributed by atoms with Crippen LogP contribution in [0.25, 0.3) is 0 Å². The first-order valence-electron chi connectivity index (χ1n) is 8.44. The number of imide groups is 1. The molecule has 5 nitrogen and oxygen atoms in total. The van der Waals surface area contributed by atoms with Crippen molar-refractivity contribution < 1.29 is 14.3 Å². The third-order valence-electron chi connectivity index (χ3n) is 4.60. The van der Waals surface area contributed by atoms with Crippen LogP contribution in [0.1, 0.15) is 25.5 Å². The molecule has 1 saturated heterocycles. The summed E-state index contributed by atoms with van der Waals surface area (Å²) in [6.07, 6.45) is -0.572. The second kappa shape index (κ2) is 7.38. The van der Waals surface area contributed by atoms with Gasteiger partial charge in [0.2, 0.25) is 5.91 Å². The van der Waals surface area contributed by atoms with Crippen molar-refractivity contribution in [2.45, 2.75) is 25.9 Å². The largest absolute Gasteiger partial charge is 0.446 e. The van der Waals surface area contributed by atoms with E-state index in [1.54, 1.807) is 0 Å². The summed E-state index contributed by atoms with van der Waals surface area (Å²) in [5, 5.41) is 3.32. The van der Waals surface area contributed by atoms with Crippen molar-refractivity contribution in [2.75, 3.05) is 11.9 Å². The molecule has 0 radical (unpaired) electrons. The highest BCUT2D eigenvalue weighted by molar-refractivity contribution is 5.95. The molecular formula is C20H22N2O3. The lowest BCUT2D eigenvalue weighted by Crippen LogP contribution is -2.42. The standard InChI is InChI=1S/C20H22N2O3/c1-14(15(2)21-17-11-7-4-8-12-17)19(23)22-18(13-25-20(22)24)16-9-5-3-6-10-16/h3-12,14-15,18,21H,13H2,1-2H3/t14-,15-,18-/m1/s1. The molecule has 2 aromatic carbocycles. The Morgan fingerprint density at radius 1 is 1.08 bits per heavy atom. The van der Waals surface area contributed by atoms with Gasteiger partial charge in [0.05, 0.1) is 5.92 Å². The number of nitrogens with one attached hydrogen (secondary N) is 1. The maximum Gasteiger partial charge on any atom is 0.417 e. The van der Waals surface area contributed by atoms with Gasteiger partial charge >= 0.3 is 6.09 Å². The van der Waals surface area contributed by atoms with Gasteiger partial charge in [0.1, 0.15) is 12.6 Å². The Labute approximate surface area is 147 Å². The smallest absolute Gasteiger partial charge is 0.417 e. The number of hydrogen-bond donors (Lipinski definition) is 1. The van der Waals surface area contributed by atoms with Gasteiger partial charge in [-0.05, 0) is 24.6 Å². The first kappa shape index (κ1) is 17.0. The topological polar surface area (TPSA) is 58.6 Å². The molecule has 0 unspecified atom stereocenters. The van der Waals surface area contributed by atoms with E-state index >= 15 is 0 Å². The first-order chi connectivity index (χ1) is 12.1. The number of carbonyl (C=O) groups excluding carboxylic acids is 2. The predicted octanol–water partition coefficient (Wildman–Crippen LogP) is 3.84. The highest BCUT2D eigenvalue weighted by Gasteiger charge is 2.41. The summed E-state index contributed by atoms with van der Waals surface area (Å²) < 4.78 is 5.15. The molecule has 3 rings (SSSR count). The lowest BCUT2D eigenvalue weighted by molar-refractivity contribution is -0.133. The maximum atomic E-state index is 13.0. The fourth-order valence-electron chi connectivity index (χ4n) is 2.94. The zero-order valence-corrected chi connectivity index (χ0v) is 14.4. The third kappa shape index (κ3) is 3.65. The van der Waals surface area contributed by atoms with E-state index in [9.17, 15) is 9.59 Å². The summed E-state index contributed by atoms with van der Waals surface area (Å²) in [5.41, 5.74) is 1.84. The molecule has 1 aliphatic heterocycles. The number of hydrogen-bond acceptors (Lipinski definition) is 4. The van der Waals surface area contributed by atoms with Crippen molar-refractivity contribution >= 4 is 17.7 Å². The second-order valence-electron chi connectivity index (χ2n) is 6.30. The van der Waals surface area contributed by atoms with Crippen LogP contribution in [0.3, 0.4) is 0 Å². The van der Waals surface area contributed by atoms with Crippen LogP contribution in [-0.2, 0) is 9.53 Å². The van der Waals surface area contributed by atoms with E-state index in [-0.39, 0.29) is 30.5 Å². The van der Waals surface area contributed by atoms with Gasteiger partial charge < -0.3 is 10.1 Å². The van der Waals surface area contributed by atoms with Gasteiger partial charge in [-0.25, -0.2) is 9.69 Å². The molecule has 0 spiro atoms. The Hall–Kier alpha value is -2.82. The van der Waals surface area contributed by atoms with Crippen LogP contribution in [-0.4, -0.2) is 29.5 Å². The van der Waals surface area contributed by atoms with Crippen LogP contribution in [0.4, 0.5) is 10.5 Å². The van der Waals surface area contributed by atoms with Crippen LogP contribution >= 0.6 is 0 Å². The summed E-state index contributed by atoms with van der Waals surface area (Å²) >= 11 is 0. The zero-order chi connectivity index (χ0) is 17.8. The van der Waals surface area contributed by atoms with E-state index in [1.165, 1.54) is 4.90 Å². The van der Waals surface area contributed by atoms with E-state index in [0.29, 0.717) is 0 Å². The molecule has 5 heteroatoms. The minimum absolute atomic E-state index is 0.125. The van der Waals surface area contributed by atoms with Crippen LogP contribution in [0.5, 0.6) is 0 Å². The number of cyclic esters (lactones) is 1. The monoisotopic (exact) mass is 338 g/mol. The molecule has 1 fully saturated rings. The molecule has 0 saturated carbocycles. The SMILES string of the molecule is C[C@@H](Nc1ccccc1)[C@@H](C)C(=O)N1C(=O)OC[C@@H]1c1ccccc1. The average molecular weight is 338 g/mol. The molecule has 1 aliphatic rings. The van der Waals surface area contributed by atoms with Crippen molar-refractivity contribution in [1.29, 1.82) is 0 Å². The summed E-state index contributed by atoms with van der Waals surface area (Å²) in [7, 11) is 0. The summed E-state index contributed by atoms with van der Waals surface area (Å²) in [4.78, 5) is 26.4. The van der Waals surface area contributed by atoms with Crippen molar-refractivity contribution in [2.24, 2.45) is 5.92 Å². The molecule has 130 valence electrons. The zero-order valence-electron chi connectivity index (χ0n) is 14.4. The predicted molar refractivity (Wildman–Crippen MR) is 96.1 cm³/mol. The average Bonchev–Trinajstić information content (AvgIpc) is 3.03. The molecule has 2 aromatic rings. The Kier molecular flexibility index (Phi) is 5.03. The van der Waals surface area contributed by atoms with Crippen LogP contribution in [0.15, 0.2) is 60.7 Å². The third-order valence-corrected chi connectivity index (χ3v) is 4.60. The van der Waals surface area contributed by atoms with Crippen molar-refractivity contribution in [3.63, 3.8) is 0 Å². The Balaban J connectivity index is 1.74. The fourth-order valence-corrected chi connectivity index (χ4v) is 2.94. The lowest BCUT2D eigenvalue weighted by Gasteiger charge is -2.27. The Morgan fingerprint density at radius 3 is 2.32 bits per heavy atom. The van der Waals surface area contributed by atoms with Gasteiger partial charge in [-0.2, -0.15) is 0 Å². The molecule has 0 bridgehead atoms. The number of carbonyl (C=O) groups is 2. The highest BCUT2D eigenvalue weighted by atomic mass is 16.6. The molecular weight excluding hydrogens is 316 g/mol. The summed E-state index contributed by atoms with van der Waals surface area (Å²) in [5.74, 6) is -0.607. The van der Waals surface area contributed by atoms with Crippen molar-refractivity contribution in [3.8, 4) is 0 Å². The summed E-state index contributed by atoms with van der Waals surface area (Å²) in [6.45, 7) is 3.97. The number of nitrogens with zero attached hydrogens (tertiary/aromatic N) is 1. The van der Waals surface area contributed by atoms with Gasteiger partial charge in [-0.15, -0.1) is 0 Å². The normalized spacial score (nSPS) is 19.2. The van der Waals surface area contributed by atoms with E-state index in [0.717, 1.165) is 11.3 Å². The molecule has 0 aromatic heterocycles. The number of ether oxygens (including phenoxy) is 1. The molecule has 2 amide bonds. The molecule has 25 heavy (non-hydrogen) atoms.